The molecule has 36 heavy (non-hydrogen) atoms. The third-order valence-electron chi connectivity index (χ3n) is 6.72. The molecule has 0 saturated carbocycles. The summed E-state index contributed by atoms with van der Waals surface area (Å²) in [6.45, 7) is 2.11. The molecule has 1 fully saturated rings. The van der Waals surface area contributed by atoms with Crippen LogP contribution in [0.15, 0.2) is 73.3 Å². The first-order valence-corrected chi connectivity index (χ1v) is 12.0. The van der Waals surface area contributed by atoms with Crippen LogP contribution in [0.1, 0.15) is 24.1 Å². The molecule has 0 bridgehead atoms. The molecule has 5 aromatic rings. The average Bonchev–Trinajstić information content (AvgIpc) is 3.52. The van der Waals surface area contributed by atoms with Crippen LogP contribution in [0.4, 0.5) is 11.5 Å². The number of nitrogens with zero attached hydrogens (tertiary/aromatic N) is 6. The minimum absolute atomic E-state index is 0.235. The number of rotatable bonds is 7. The zero-order chi connectivity index (χ0) is 24.5. The first kappa shape index (κ1) is 22.1. The maximum atomic E-state index is 11.8. The Balaban J connectivity index is 1.26. The Morgan fingerprint density at radius 1 is 1.03 bits per heavy atom. The highest BCUT2D eigenvalue weighted by Gasteiger charge is 2.29. The van der Waals surface area contributed by atoms with Crippen LogP contribution in [0, 0.1) is 0 Å². The molecule has 0 aliphatic carbocycles. The summed E-state index contributed by atoms with van der Waals surface area (Å²) < 4.78 is 2.00. The fourth-order valence-corrected chi connectivity index (χ4v) is 4.92. The molecule has 6 rings (SSSR count). The van der Waals surface area contributed by atoms with Gasteiger partial charge in [-0.15, -0.1) is 0 Å². The second-order valence-corrected chi connectivity index (χ2v) is 9.13. The zero-order valence-corrected chi connectivity index (χ0v) is 19.7. The van der Waals surface area contributed by atoms with E-state index in [1.165, 1.54) is 11.9 Å². The summed E-state index contributed by atoms with van der Waals surface area (Å²) in [6.07, 6.45) is 6.93. The molecule has 2 aromatic carbocycles. The van der Waals surface area contributed by atoms with Crippen molar-refractivity contribution in [3.63, 3.8) is 0 Å². The number of nitrogens with one attached hydrogen (secondary N) is 1. The number of fused-ring (bicyclic) bond motifs is 2. The van der Waals surface area contributed by atoms with Gasteiger partial charge in [-0.2, -0.15) is 5.10 Å². The molecule has 4 heterocycles. The second kappa shape index (κ2) is 9.35. The van der Waals surface area contributed by atoms with E-state index in [1.807, 2.05) is 41.2 Å². The molecule has 1 saturated heterocycles. The van der Waals surface area contributed by atoms with Gasteiger partial charge in [0.15, 0.2) is 0 Å². The number of benzene rings is 2. The van der Waals surface area contributed by atoms with Crippen LogP contribution >= 0.6 is 0 Å². The number of hydrogen-bond acceptors (Lipinski definition) is 7. The van der Waals surface area contributed by atoms with Crippen molar-refractivity contribution in [2.45, 2.75) is 32.0 Å². The molecule has 9 heteroatoms. The molecule has 1 aliphatic rings. The minimum Gasteiger partial charge on any atom is -0.368 e. The number of nitrogens with two attached hydrogens (primary N) is 1. The first-order valence-electron chi connectivity index (χ1n) is 12.0. The van der Waals surface area contributed by atoms with Crippen molar-refractivity contribution in [3.05, 3.63) is 84.6 Å². The number of amides is 1. The molecule has 9 nitrogen and oxygen atoms in total. The van der Waals surface area contributed by atoms with Gasteiger partial charge < -0.3 is 11.1 Å². The van der Waals surface area contributed by atoms with Crippen molar-refractivity contribution in [2.24, 2.45) is 5.73 Å². The molecular formula is C27H26N8O. The van der Waals surface area contributed by atoms with E-state index in [0.29, 0.717) is 12.4 Å². The van der Waals surface area contributed by atoms with E-state index in [4.69, 9.17) is 5.73 Å². The van der Waals surface area contributed by atoms with Gasteiger partial charge in [-0.25, -0.2) is 9.97 Å². The van der Waals surface area contributed by atoms with Gasteiger partial charge in [0.2, 0.25) is 5.91 Å². The number of carbonyl (C=O) groups is 1. The van der Waals surface area contributed by atoms with Crippen LogP contribution < -0.4 is 11.1 Å². The van der Waals surface area contributed by atoms with Crippen molar-refractivity contribution in [2.75, 3.05) is 11.9 Å². The van der Waals surface area contributed by atoms with E-state index >= 15 is 0 Å². The van der Waals surface area contributed by atoms with Crippen molar-refractivity contribution in [1.29, 1.82) is 0 Å². The topological polar surface area (TPSA) is 115 Å². The quantitative estimate of drug-likeness (QED) is 0.367. The van der Waals surface area contributed by atoms with Crippen LogP contribution in [-0.4, -0.2) is 48.1 Å². The molecule has 3 N–H and O–H groups in total. The lowest BCUT2D eigenvalue weighted by Gasteiger charge is -2.21. The number of primary amides is 1. The smallest absolute Gasteiger partial charge is 0.234 e. The monoisotopic (exact) mass is 478 g/mol. The average molecular weight is 479 g/mol. The fourth-order valence-electron chi connectivity index (χ4n) is 4.92. The van der Waals surface area contributed by atoms with Crippen LogP contribution in [0.5, 0.6) is 0 Å². The van der Waals surface area contributed by atoms with Crippen LogP contribution in [0.2, 0.25) is 0 Å². The molecule has 1 aliphatic heterocycles. The fraction of sp³-hybridized carbons (Fsp3) is 0.222. The second-order valence-electron chi connectivity index (χ2n) is 9.13. The van der Waals surface area contributed by atoms with Gasteiger partial charge in [-0.3, -0.25) is 19.4 Å². The summed E-state index contributed by atoms with van der Waals surface area (Å²) in [4.78, 5) is 27.3. The van der Waals surface area contributed by atoms with Crippen molar-refractivity contribution < 1.29 is 4.79 Å². The minimum atomic E-state index is -0.276. The Bertz CT molecular complexity index is 1550. The van der Waals surface area contributed by atoms with Crippen molar-refractivity contribution in [1.82, 2.24) is 29.6 Å². The standard InChI is InChI=1S/C27H26N8O/c28-26(36)25-7-4-10-34(25)16-21-12-22-23(14-29-21)30-17-31-27(22)33-20-8-9-24-19(11-20)13-32-35(24)15-18-5-2-1-3-6-18/h1-3,5-6,8-9,11-14,17,25H,4,7,10,15-16H2,(H2,28,36)(H,30,31,33)/t25-/m0/s1. The summed E-state index contributed by atoms with van der Waals surface area (Å²) >= 11 is 0. The third-order valence-corrected chi connectivity index (χ3v) is 6.72. The Morgan fingerprint density at radius 2 is 1.92 bits per heavy atom. The van der Waals surface area contributed by atoms with E-state index in [-0.39, 0.29) is 11.9 Å². The molecule has 180 valence electrons. The predicted octanol–water partition coefficient (Wildman–Crippen LogP) is 3.62. The molecular weight excluding hydrogens is 452 g/mol. The predicted molar refractivity (Wildman–Crippen MR) is 139 cm³/mol. The van der Waals surface area contributed by atoms with E-state index in [0.717, 1.165) is 59.1 Å². The van der Waals surface area contributed by atoms with Gasteiger partial charge in [0.25, 0.3) is 0 Å². The van der Waals surface area contributed by atoms with E-state index in [2.05, 4.69) is 54.5 Å². The normalized spacial score (nSPS) is 16.1. The van der Waals surface area contributed by atoms with Crippen LogP contribution in [-0.2, 0) is 17.9 Å². The zero-order valence-electron chi connectivity index (χ0n) is 19.7. The van der Waals surface area contributed by atoms with Crippen LogP contribution in [0.25, 0.3) is 21.8 Å². The maximum absolute atomic E-state index is 11.8. The SMILES string of the molecule is NC(=O)[C@@H]1CCCN1Cc1cc2c(Nc3ccc4c(cnn4Cc4ccccc4)c3)ncnc2cn1. The van der Waals surface area contributed by atoms with Gasteiger partial charge in [-0.05, 0) is 49.2 Å². The lowest BCUT2D eigenvalue weighted by atomic mass is 10.2. The summed E-state index contributed by atoms with van der Waals surface area (Å²) in [5.74, 6) is 0.425. The van der Waals surface area contributed by atoms with Gasteiger partial charge in [0.05, 0.1) is 41.7 Å². The van der Waals surface area contributed by atoms with Crippen molar-refractivity contribution >= 4 is 39.2 Å². The van der Waals surface area contributed by atoms with Gasteiger partial charge in [0.1, 0.15) is 12.1 Å². The van der Waals surface area contributed by atoms with E-state index in [1.54, 1.807) is 6.20 Å². The summed E-state index contributed by atoms with van der Waals surface area (Å²) in [6, 6.07) is 18.2. The lowest BCUT2D eigenvalue weighted by molar-refractivity contribution is -0.122. The van der Waals surface area contributed by atoms with Crippen LogP contribution in [0.3, 0.4) is 0 Å². The molecule has 1 amide bonds. The van der Waals surface area contributed by atoms with Crippen molar-refractivity contribution in [3.8, 4) is 0 Å². The molecule has 0 spiro atoms. The molecule has 1 atom stereocenters. The molecule has 3 aromatic heterocycles. The lowest BCUT2D eigenvalue weighted by Crippen LogP contribution is -2.39. The Morgan fingerprint density at radius 3 is 2.78 bits per heavy atom. The first-order chi connectivity index (χ1) is 17.6. The van der Waals surface area contributed by atoms with E-state index < -0.39 is 0 Å². The number of carbonyl (C=O) groups excluding carboxylic acids is 1. The largest absolute Gasteiger partial charge is 0.368 e. The number of aromatic nitrogens is 5. The van der Waals surface area contributed by atoms with Gasteiger partial charge in [-0.1, -0.05) is 30.3 Å². The third kappa shape index (κ3) is 4.36. The number of pyridine rings is 1. The number of hydrogen-bond donors (Lipinski definition) is 2. The highest BCUT2D eigenvalue weighted by atomic mass is 16.1. The Kier molecular flexibility index (Phi) is 5.74. The number of likely N-dealkylation sites (tertiary alicyclic amines) is 1. The highest BCUT2D eigenvalue weighted by Crippen LogP contribution is 2.27. The van der Waals surface area contributed by atoms with Gasteiger partial charge in [0, 0.05) is 23.0 Å². The maximum Gasteiger partial charge on any atom is 0.234 e. The van der Waals surface area contributed by atoms with Gasteiger partial charge >= 0.3 is 0 Å². The highest BCUT2D eigenvalue weighted by molar-refractivity contribution is 5.91. The summed E-state index contributed by atoms with van der Waals surface area (Å²) in [5, 5.41) is 9.94. The number of anilines is 2. The molecule has 0 unspecified atom stereocenters. The van der Waals surface area contributed by atoms with E-state index in [9.17, 15) is 4.79 Å². The molecule has 0 radical (unpaired) electrons. The Hall–Kier alpha value is -4.37. The summed E-state index contributed by atoms with van der Waals surface area (Å²) in [5.41, 5.74) is 10.4. The summed E-state index contributed by atoms with van der Waals surface area (Å²) in [7, 11) is 0. The Labute approximate surface area is 208 Å².